The van der Waals surface area contributed by atoms with Crippen molar-refractivity contribution in [1.29, 1.82) is 0 Å². The number of nitrogens with zero attached hydrogens (tertiary/aromatic N) is 3. The summed E-state index contributed by atoms with van der Waals surface area (Å²) >= 11 is 1.58. The van der Waals surface area contributed by atoms with E-state index in [1.165, 1.54) is 11.0 Å². The van der Waals surface area contributed by atoms with Gasteiger partial charge in [-0.25, -0.2) is 0 Å². The van der Waals surface area contributed by atoms with Crippen molar-refractivity contribution in [3.8, 4) is 11.5 Å². The Balaban J connectivity index is 1.85. The standard InChI is InChI=1S/C30H37N3O7S/c1-21-7-9-24(18-25(21)33(36)37)30(35)32(13-6-15-38-3)20-29(34)31(19-28-22(2)12-16-41-28)14-11-23-8-10-26(39-4)27(17-23)40-5/h7-10,12,16-18H,6,11,13-15,19-20H2,1-5H3. The third kappa shape index (κ3) is 8.51. The predicted molar refractivity (Wildman–Crippen MR) is 158 cm³/mol. The first-order valence-corrected chi connectivity index (χ1v) is 14.1. The van der Waals surface area contributed by atoms with E-state index >= 15 is 0 Å². The third-order valence-electron chi connectivity index (χ3n) is 6.82. The van der Waals surface area contributed by atoms with Gasteiger partial charge in [-0.05, 0) is 67.5 Å². The highest BCUT2D eigenvalue weighted by Crippen LogP contribution is 2.28. The highest BCUT2D eigenvalue weighted by atomic mass is 32.1. The number of nitro benzene ring substituents is 1. The van der Waals surface area contributed by atoms with Crippen LogP contribution in [-0.4, -0.2) is 74.1 Å². The van der Waals surface area contributed by atoms with E-state index in [4.69, 9.17) is 14.2 Å². The van der Waals surface area contributed by atoms with Gasteiger partial charge in [0.2, 0.25) is 5.91 Å². The first-order chi connectivity index (χ1) is 19.7. The normalized spacial score (nSPS) is 10.8. The summed E-state index contributed by atoms with van der Waals surface area (Å²) in [4.78, 5) is 42.6. The van der Waals surface area contributed by atoms with Gasteiger partial charge in [0.15, 0.2) is 11.5 Å². The maximum Gasteiger partial charge on any atom is 0.273 e. The van der Waals surface area contributed by atoms with Gasteiger partial charge < -0.3 is 24.0 Å². The zero-order chi connectivity index (χ0) is 29.9. The van der Waals surface area contributed by atoms with Crippen LogP contribution < -0.4 is 9.47 Å². The van der Waals surface area contributed by atoms with Crippen molar-refractivity contribution in [2.24, 2.45) is 0 Å². The summed E-state index contributed by atoms with van der Waals surface area (Å²) in [5.41, 5.74) is 2.56. The molecule has 1 heterocycles. The third-order valence-corrected chi connectivity index (χ3v) is 7.82. The van der Waals surface area contributed by atoms with Gasteiger partial charge in [-0.2, -0.15) is 0 Å². The van der Waals surface area contributed by atoms with E-state index in [1.807, 2.05) is 36.6 Å². The van der Waals surface area contributed by atoms with Crippen molar-refractivity contribution < 1.29 is 28.7 Å². The molecule has 220 valence electrons. The molecule has 0 bridgehead atoms. The molecule has 10 nitrogen and oxygen atoms in total. The number of benzene rings is 2. The lowest BCUT2D eigenvalue weighted by Crippen LogP contribution is -2.44. The Morgan fingerprint density at radius 2 is 1.68 bits per heavy atom. The number of nitro groups is 1. The molecule has 0 aliphatic heterocycles. The SMILES string of the molecule is COCCCN(CC(=O)N(CCc1ccc(OC)c(OC)c1)Cc1sccc1C)C(=O)c1ccc(C)c([N+](=O)[O-])c1. The lowest BCUT2D eigenvalue weighted by Gasteiger charge is -2.28. The Hall–Kier alpha value is -3.96. The van der Waals surface area contributed by atoms with Gasteiger partial charge in [-0.15, -0.1) is 11.3 Å². The van der Waals surface area contributed by atoms with Crippen molar-refractivity contribution in [3.05, 3.63) is 85.1 Å². The minimum absolute atomic E-state index is 0.135. The van der Waals surface area contributed by atoms with Gasteiger partial charge in [-0.1, -0.05) is 12.1 Å². The second-order valence-corrected chi connectivity index (χ2v) is 10.6. The van der Waals surface area contributed by atoms with Gasteiger partial charge in [0.05, 0.1) is 25.7 Å². The number of aryl methyl sites for hydroxylation is 2. The molecule has 11 heteroatoms. The van der Waals surface area contributed by atoms with E-state index in [2.05, 4.69) is 0 Å². The summed E-state index contributed by atoms with van der Waals surface area (Å²) in [5, 5.41) is 13.5. The molecule has 0 aliphatic rings. The second kappa shape index (κ2) is 15.2. The van der Waals surface area contributed by atoms with Crippen molar-refractivity contribution in [2.45, 2.75) is 33.2 Å². The molecule has 41 heavy (non-hydrogen) atoms. The molecule has 2 aromatic carbocycles. The quantitative estimate of drug-likeness (QED) is 0.140. The van der Waals surface area contributed by atoms with E-state index in [1.54, 1.807) is 56.6 Å². The highest BCUT2D eigenvalue weighted by molar-refractivity contribution is 7.10. The Kier molecular flexibility index (Phi) is 11.7. The van der Waals surface area contributed by atoms with Crippen molar-refractivity contribution in [2.75, 3.05) is 47.6 Å². The van der Waals surface area contributed by atoms with Crippen LogP contribution in [0.4, 0.5) is 5.69 Å². The fourth-order valence-electron chi connectivity index (χ4n) is 4.37. The lowest BCUT2D eigenvalue weighted by atomic mass is 10.1. The van der Waals surface area contributed by atoms with E-state index in [0.29, 0.717) is 49.6 Å². The molecule has 0 saturated heterocycles. The smallest absolute Gasteiger partial charge is 0.273 e. The summed E-state index contributed by atoms with van der Waals surface area (Å²) in [6.07, 6.45) is 1.08. The molecule has 1 aromatic heterocycles. The van der Waals surface area contributed by atoms with E-state index in [9.17, 15) is 19.7 Å². The van der Waals surface area contributed by atoms with Crippen LogP contribution in [0.5, 0.6) is 11.5 Å². The molecular formula is C30H37N3O7S. The summed E-state index contributed by atoms with van der Waals surface area (Å²) < 4.78 is 15.9. The zero-order valence-electron chi connectivity index (χ0n) is 24.2. The monoisotopic (exact) mass is 583 g/mol. The topological polar surface area (TPSA) is 111 Å². The molecule has 2 amide bonds. The summed E-state index contributed by atoms with van der Waals surface area (Å²) in [5.74, 6) is 0.578. The first-order valence-electron chi connectivity index (χ1n) is 13.2. The number of ether oxygens (including phenoxy) is 3. The molecule has 3 aromatic rings. The average Bonchev–Trinajstić information content (AvgIpc) is 3.38. The number of amides is 2. The van der Waals surface area contributed by atoms with Crippen molar-refractivity contribution >= 4 is 28.8 Å². The second-order valence-electron chi connectivity index (χ2n) is 9.61. The Morgan fingerprint density at radius 1 is 0.927 bits per heavy atom. The minimum atomic E-state index is -0.508. The molecule has 0 fully saturated rings. The van der Waals surface area contributed by atoms with Crippen LogP contribution in [0.3, 0.4) is 0 Å². The van der Waals surface area contributed by atoms with E-state index in [0.717, 1.165) is 16.0 Å². The zero-order valence-corrected chi connectivity index (χ0v) is 25.0. The van der Waals surface area contributed by atoms with Crippen LogP contribution >= 0.6 is 11.3 Å². The van der Waals surface area contributed by atoms with Crippen LogP contribution in [0.25, 0.3) is 0 Å². The van der Waals surface area contributed by atoms with Gasteiger partial charge in [-0.3, -0.25) is 19.7 Å². The van der Waals surface area contributed by atoms with Gasteiger partial charge in [0.1, 0.15) is 6.54 Å². The predicted octanol–water partition coefficient (Wildman–Crippen LogP) is 5.04. The van der Waals surface area contributed by atoms with Gasteiger partial charge >= 0.3 is 0 Å². The van der Waals surface area contributed by atoms with Crippen molar-refractivity contribution in [1.82, 2.24) is 9.80 Å². The summed E-state index contributed by atoms with van der Waals surface area (Å²) in [7, 11) is 4.73. The molecule has 3 rings (SSSR count). The molecule has 0 saturated carbocycles. The Morgan fingerprint density at radius 3 is 2.32 bits per heavy atom. The number of hydrogen-bond acceptors (Lipinski definition) is 8. The number of thiophene rings is 1. The number of carbonyl (C=O) groups is 2. The molecule has 0 spiro atoms. The fourth-order valence-corrected chi connectivity index (χ4v) is 5.29. The largest absolute Gasteiger partial charge is 0.493 e. The van der Waals surface area contributed by atoms with E-state index in [-0.39, 0.29) is 30.2 Å². The van der Waals surface area contributed by atoms with Crippen molar-refractivity contribution in [3.63, 3.8) is 0 Å². The maximum absolute atomic E-state index is 13.8. The average molecular weight is 584 g/mol. The summed E-state index contributed by atoms with van der Waals surface area (Å²) in [6.45, 7) is 4.96. The first kappa shape index (κ1) is 31.6. The highest BCUT2D eigenvalue weighted by Gasteiger charge is 2.25. The number of carbonyl (C=O) groups excluding carboxylic acids is 2. The van der Waals surface area contributed by atoms with Crippen LogP contribution in [0.2, 0.25) is 0 Å². The Labute approximate surface area is 244 Å². The van der Waals surface area contributed by atoms with Crippen LogP contribution in [0.15, 0.2) is 47.8 Å². The molecule has 0 atom stereocenters. The Bertz CT molecular complexity index is 1360. The number of hydrogen-bond donors (Lipinski definition) is 0. The molecular weight excluding hydrogens is 546 g/mol. The maximum atomic E-state index is 13.8. The van der Waals surface area contributed by atoms with Crippen LogP contribution in [0.1, 0.15) is 38.3 Å². The number of methoxy groups -OCH3 is 3. The van der Waals surface area contributed by atoms with Crippen LogP contribution in [0, 0.1) is 24.0 Å². The van der Waals surface area contributed by atoms with Gasteiger partial charge in [0.25, 0.3) is 11.6 Å². The van der Waals surface area contributed by atoms with E-state index < -0.39 is 10.8 Å². The van der Waals surface area contributed by atoms with Crippen LogP contribution in [-0.2, 0) is 22.5 Å². The molecule has 0 unspecified atom stereocenters. The molecule has 0 aliphatic carbocycles. The molecule has 0 radical (unpaired) electrons. The molecule has 0 N–H and O–H groups in total. The minimum Gasteiger partial charge on any atom is -0.493 e. The summed E-state index contributed by atoms with van der Waals surface area (Å²) in [6, 6.07) is 12.1. The number of rotatable bonds is 15. The van der Waals surface area contributed by atoms with Gasteiger partial charge in [0, 0.05) is 48.9 Å². The lowest BCUT2D eigenvalue weighted by molar-refractivity contribution is -0.385. The fraction of sp³-hybridized carbons (Fsp3) is 0.400.